The van der Waals surface area contributed by atoms with Crippen LogP contribution in [0.3, 0.4) is 0 Å². The fourth-order valence-corrected chi connectivity index (χ4v) is 4.14. The van der Waals surface area contributed by atoms with E-state index >= 15 is 0 Å². The molecule has 0 N–H and O–H groups in total. The Balaban J connectivity index is 1.75. The van der Waals surface area contributed by atoms with Gasteiger partial charge in [-0.3, -0.25) is 4.79 Å². The van der Waals surface area contributed by atoms with Gasteiger partial charge in [0.1, 0.15) is 11.4 Å². The number of amides is 1. The third kappa shape index (κ3) is 3.32. The maximum Gasteiger partial charge on any atom is 0.338 e. The molecular weight excluding hydrogens is 376 g/mol. The van der Waals surface area contributed by atoms with Gasteiger partial charge in [0.2, 0.25) is 0 Å². The first kappa shape index (κ1) is 18.7. The van der Waals surface area contributed by atoms with Gasteiger partial charge in [0.15, 0.2) is 5.16 Å². The van der Waals surface area contributed by atoms with Crippen LogP contribution in [0.2, 0.25) is 0 Å². The molecule has 146 valence electrons. The van der Waals surface area contributed by atoms with Gasteiger partial charge in [-0.15, -0.1) is 0 Å². The summed E-state index contributed by atoms with van der Waals surface area (Å²) in [5.74, 6) is 0.191. The summed E-state index contributed by atoms with van der Waals surface area (Å²) in [5.41, 5.74) is 1.63. The highest BCUT2D eigenvalue weighted by molar-refractivity contribution is 7.98. The molecule has 3 heterocycles. The SMILES string of the molecule is CCOC(=O)c1cccc(N2C[C@@H]3CCCN3c3nc(SC)ncc3C2=O)c1. The van der Waals surface area contributed by atoms with Crippen LogP contribution in [0, 0.1) is 0 Å². The molecule has 8 heteroatoms. The Morgan fingerprint density at radius 1 is 1.39 bits per heavy atom. The summed E-state index contributed by atoms with van der Waals surface area (Å²) in [4.78, 5) is 38.4. The Labute approximate surface area is 168 Å². The van der Waals surface area contributed by atoms with E-state index in [4.69, 9.17) is 4.74 Å². The number of nitrogens with zero attached hydrogens (tertiary/aromatic N) is 4. The van der Waals surface area contributed by atoms with E-state index in [1.54, 1.807) is 36.2 Å². The minimum Gasteiger partial charge on any atom is -0.462 e. The Hall–Kier alpha value is -2.61. The number of aromatic nitrogens is 2. The quantitative estimate of drug-likeness (QED) is 0.445. The molecule has 0 bridgehead atoms. The summed E-state index contributed by atoms with van der Waals surface area (Å²) < 4.78 is 5.10. The molecule has 2 aliphatic heterocycles. The fraction of sp³-hybridized carbons (Fsp3) is 0.400. The molecule has 1 fully saturated rings. The number of carbonyl (C=O) groups excluding carboxylic acids is 2. The molecular formula is C20H22N4O3S. The highest BCUT2D eigenvalue weighted by atomic mass is 32.2. The molecule has 4 rings (SSSR count). The maximum absolute atomic E-state index is 13.4. The van der Waals surface area contributed by atoms with Crippen molar-refractivity contribution in [2.75, 3.05) is 35.8 Å². The molecule has 2 aromatic rings. The van der Waals surface area contributed by atoms with Crippen molar-refractivity contribution in [2.45, 2.75) is 31.0 Å². The van der Waals surface area contributed by atoms with Crippen molar-refractivity contribution < 1.29 is 14.3 Å². The summed E-state index contributed by atoms with van der Waals surface area (Å²) in [6, 6.07) is 7.24. The van der Waals surface area contributed by atoms with Gasteiger partial charge in [0, 0.05) is 31.0 Å². The van der Waals surface area contributed by atoms with E-state index in [2.05, 4.69) is 14.9 Å². The van der Waals surface area contributed by atoms with E-state index < -0.39 is 0 Å². The van der Waals surface area contributed by atoms with Gasteiger partial charge in [-0.2, -0.15) is 0 Å². The molecule has 0 spiro atoms. The van der Waals surface area contributed by atoms with Gasteiger partial charge in [0.25, 0.3) is 5.91 Å². The number of carbonyl (C=O) groups is 2. The second-order valence-corrected chi connectivity index (χ2v) is 7.54. The third-order valence-electron chi connectivity index (χ3n) is 5.12. The summed E-state index contributed by atoms with van der Waals surface area (Å²) in [5, 5.41) is 0.662. The van der Waals surface area contributed by atoms with E-state index in [9.17, 15) is 9.59 Å². The molecule has 1 aromatic heterocycles. The smallest absolute Gasteiger partial charge is 0.338 e. The van der Waals surface area contributed by atoms with Gasteiger partial charge in [-0.05, 0) is 44.2 Å². The number of thioether (sulfide) groups is 1. The Kier molecular flexibility index (Phi) is 5.21. The lowest BCUT2D eigenvalue weighted by Gasteiger charge is -2.27. The first-order valence-corrected chi connectivity index (χ1v) is 10.6. The molecule has 1 saturated heterocycles. The second kappa shape index (κ2) is 7.79. The number of esters is 1. The van der Waals surface area contributed by atoms with Gasteiger partial charge < -0.3 is 14.5 Å². The number of fused-ring (bicyclic) bond motifs is 3. The van der Waals surface area contributed by atoms with Gasteiger partial charge in [-0.1, -0.05) is 17.8 Å². The topological polar surface area (TPSA) is 75.6 Å². The number of benzene rings is 1. The maximum atomic E-state index is 13.4. The van der Waals surface area contributed by atoms with Crippen LogP contribution in [0.15, 0.2) is 35.6 Å². The molecule has 0 unspecified atom stereocenters. The highest BCUT2D eigenvalue weighted by Crippen LogP contribution is 2.34. The zero-order valence-electron chi connectivity index (χ0n) is 15.9. The molecule has 1 atom stereocenters. The van der Waals surface area contributed by atoms with Crippen molar-refractivity contribution in [3.05, 3.63) is 41.6 Å². The Morgan fingerprint density at radius 2 is 2.25 bits per heavy atom. The minimum atomic E-state index is -0.387. The first-order valence-electron chi connectivity index (χ1n) is 9.39. The van der Waals surface area contributed by atoms with Crippen molar-refractivity contribution in [1.29, 1.82) is 0 Å². The number of hydrogen-bond acceptors (Lipinski definition) is 7. The van der Waals surface area contributed by atoms with E-state index in [0.717, 1.165) is 25.2 Å². The molecule has 0 saturated carbocycles. The van der Waals surface area contributed by atoms with Gasteiger partial charge >= 0.3 is 5.97 Å². The van der Waals surface area contributed by atoms with Crippen molar-refractivity contribution in [3.63, 3.8) is 0 Å². The van der Waals surface area contributed by atoms with Crippen LogP contribution in [0.25, 0.3) is 0 Å². The summed E-state index contributed by atoms with van der Waals surface area (Å²) in [6.07, 6.45) is 5.61. The fourth-order valence-electron chi connectivity index (χ4n) is 3.81. The van der Waals surface area contributed by atoms with Crippen LogP contribution >= 0.6 is 11.8 Å². The van der Waals surface area contributed by atoms with Crippen LogP contribution in [-0.2, 0) is 4.74 Å². The third-order valence-corrected chi connectivity index (χ3v) is 5.68. The molecule has 0 radical (unpaired) electrons. The van der Waals surface area contributed by atoms with Gasteiger partial charge in [0.05, 0.1) is 12.2 Å². The van der Waals surface area contributed by atoms with Crippen molar-refractivity contribution in [2.24, 2.45) is 0 Å². The normalized spacial score (nSPS) is 18.5. The van der Waals surface area contributed by atoms with E-state index in [1.807, 2.05) is 12.3 Å². The van der Waals surface area contributed by atoms with Crippen LogP contribution in [0.1, 0.15) is 40.5 Å². The molecule has 1 amide bonds. The predicted octanol–water partition coefficient (Wildman–Crippen LogP) is 3.00. The van der Waals surface area contributed by atoms with Crippen LogP contribution in [0.5, 0.6) is 0 Å². The molecule has 28 heavy (non-hydrogen) atoms. The van der Waals surface area contributed by atoms with E-state index in [1.165, 1.54) is 11.8 Å². The van der Waals surface area contributed by atoms with Crippen LogP contribution in [0.4, 0.5) is 11.5 Å². The Morgan fingerprint density at radius 3 is 3.04 bits per heavy atom. The zero-order valence-corrected chi connectivity index (χ0v) is 16.7. The minimum absolute atomic E-state index is 0.141. The lowest BCUT2D eigenvalue weighted by Crippen LogP contribution is -2.39. The lowest BCUT2D eigenvalue weighted by molar-refractivity contribution is 0.0526. The highest BCUT2D eigenvalue weighted by Gasteiger charge is 2.37. The number of hydrogen-bond donors (Lipinski definition) is 0. The standard InChI is InChI=1S/C20H22N4O3S/c1-3-27-19(26)13-6-4-7-14(10-13)24-12-15-8-5-9-23(15)17-16(18(24)25)11-21-20(22-17)28-2/h4,6-7,10-11,15H,3,5,8-9,12H2,1-2H3/t15-/m0/s1. The van der Waals surface area contributed by atoms with Crippen molar-refractivity contribution in [1.82, 2.24) is 9.97 Å². The zero-order chi connectivity index (χ0) is 19.7. The van der Waals surface area contributed by atoms with Crippen molar-refractivity contribution >= 4 is 35.1 Å². The number of anilines is 2. The first-order chi connectivity index (χ1) is 13.6. The number of ether oxygens (including phenoxy) is 1. The molecule has 0 aliphatic carbocycles. The molecule has 7 nitrogen and oxygen atoms in total. The summed E-state index contributed by atoms with van der Waals surface area (Å²) in [6.45, 7) is 3.52. The summed E-state index contributed by atoms with van der Waals surface area (Å²) >= 11 is 1.47. The van der Waals surface area contributed by atoms with E-state index in [-0.39, 0.29) is 17.9 Å². The van der Waals surface area contributed by atoms with Crippen LogP contribution in [-0.4, -0.2) is 53.8 Å². The summed E-state index contributed by atoms with van der Waals surface area (Å²) in [7, 11) is 0. The van der Waals surface area contributed by atoms with Gasteiger partial charge in [-0.25, -0.2) is 14.8 Å². The monoisotopic (exact) mass is 398 g/mol. The Bertz CT molecular complexity index is 920. The van der Waals surface area contributed by atoms with Crippen molar-refractivity contribution in [3.8, 4) is 0 Å². The molecule has 1 aromatic carbocycles. The molecule has 2 aliphatic rings. The second-order valence-electron chi connectivity index (χ2n) is 6.77. The average Bonchev–Trinajstić information content (AvgIpc) is 3.15. The van der Waals surface area contributed by atoms with Crippen LogP contribution < -0.4 is 9.80 Å². The van der Waals surface area contributed by atoms with E-state index in [0.29, 0.717) is 35.1 Å². The average molecular weight is 398 g/mol. The lowest BCUT2D eigenvalue weighted by atomic mass is 10.1. The largest absolute Gasteiger partial charge is 0.462 e. The predicted molar refractivity (Wildman–Crippen MR) is 108 cm³/mol. The number of rotatable bonds is 4.